The van der Waals surface area contributed by atoms with Crippen molar-refractivity contribution in [3.8, 4) is 6.07 Å². The van der Waals surface area contributed by atoms with Gasteiger partial charge in [0.05, 0.1) is 17.7 Å². The highest BCUT2D eigenvalue weighted by atomic mass is 15.1. The maximum Gasteiger partial charge on any atom is 0.0991 e. The summed E-state index contributed by atoms with van der Waals surface area (Å²) in [5.41, 5.74) is 8.64. The minimum atomic E-state index is 0.0710. The summed E-state index contributed by atoms with van der Waals surface area (Å²) >= 11 is 0. The van der Waals surface area contributed by atoms with Gasteiger partial charge in [0.15, 0.2) is 0 Å². The molecule has 0 saturated carbocycles. The van der Waals surface area contributed by atoms with Gasteiger partial charge in [-0.3, -0.25) is 4.98 Å². The summed E-state index contributed by atoms with van der Waals surface area (Å²) in [5, 5.41) is 8.81. The highest BCUT2D eigenvalue weighted by Crippen LogP contribution is 2.24. The largest absolute Gasteiger partial charge is 0.366 e. The molecule has 19 heavy (non-hydrogen) atoms. The van der Waals surface area contributed by atoms with Gasteiger partial charge in [-0.2, -0.15) is 5.26 Å². The number of anilines is 1. The zero-order valence-electron chi connectivity index (χ0n) is 10.8. The minimum absolute atomic E-state index is 0.0710. The molecule has 1 aromatic heterocycles. The van der Waals surface area contributed by atoms with E-state index in [0.717, 1.165) is 11.3 Å². The number of nitriles is 1. The molecule has 0 aliphatic rings. The van der Waals surface area contributed by atoms with Crippen LogP contribution in [0.2, 0.25) is 0 Å². The van der Waals surface area contributed by atoms with Crippen molar-refractivity contribution in [2.75, 3.05) is 18.5 Å². The lowest BCUT2D eigenvalue weighted by Gasteiger charge is -2.29. The summed E-state index contributed by atoms with van der Waals surface area (Å²) in [4.78, 5) is 6.23. The number of benzene rings is 1. The number of hydrogen-bond acceptors (Lipinski definition) is 4. The first-order valence-corrected chi connectivity index (χ1v) is 6.09. The maximum atomic E-state index is 8.81. The zero-order chi connectivity index (χ0) is 13.7. The molecule has 0 fully saturated rings. The molecular formula is C15H16N4. The SMILES string of the molecule is CN(c1ccc(C#N)cc1)C(CN)c1cccnc1. The van der Waals surface area contributed by atoms with E-state index in [1.807, 2.05) is 49.6 Å². The molecule has 2 rings (SSSR count). The average Bonchev–Trinajstić information content (AvgIpc) is 2.49. The Hall–Kier alpha value is -2.38. The van der Waals surface area contributed by atoms with Crippen LogP contribution in [0.5, 0.6) is 0 Å². The second kappa shape index (κ2) is 5.98. The third-order valence-electron chi connectivity index (χ3n) is 3.16. The molecule has 0 bridgehead atoms. The molecule has 2 N–H and O–H groups in total. The molecule has 0 spiro atoms. The van der Waals surface area contributed by atoms with E-state index in [1.54, 1.807) is 6.20 Å². The number of hydrogen-bond donors (Lipinski definition) is 1. The lowest BCUT2D eigenvalue weighted by atomic mass is 10.1. The predicted molar refractivity (Wildman–Crippen MR) is 75.6 cm³/mol. The van der Waals surface area contributed by atoms with Gasteiger partial charge in [-0.05, 0) is 35.9 Å². The van der Waals surface area contributed by atoms with Crippen LogP contribution in [0.4, 0.5) is 5.69 Å². The van der Waals surface area contributed by atoms with Crippen LogP contribution < -0.4 is 10.6 Å². The minimum Gasteiger partial charge on any atom is -0.366 e. The molecular weight excluding hydrogens is 236 g/mol. The van der Waals surface area contributed by atoms with Gasteiger partial charge in [0.2, 0.25) is 0 Å². The highest BCUT2D eigenvalue weighted by molar-refractivity contribution is 5.51. The van der Waals surface area contributed by atoms with Crippen LogP contribution in [0.1, 0.15) is 17.2 Å². The van der Waals surface area contributed by atoms with E-state index in [9.17, 15) is 0 Å². The Labute approximate surface area is 113 Å². The fourth-order valence-corrected chi connectivity index (χ4v) is 2.04. The zero-order valence-corrected chi connectivity index (χ0v) is 10.8. The summed E-state index contributed by atoms with van der Waals surface area (Å²) < 4.78 is 0. The maximum absolute atomic E-state index is 8.81. The van der Waals surface area contributed by atoms with Crippen molar-refractivity contribution < 1.29 is 0 Å². The number of rotatable bonds is 4. The highest BCUT2D eigenvalue weighted by Gasteiger charge is 2.15. The number of nitrogens with zero attached hydrogens (tertiary/aromatic N) is 3. The molecule has 1 unspecified atom stereocenters. The smallest absolute Gasteiger partial charge is 0.0991 e. The Kier molecular flexibility index (Phi) is 4.11. The molecule has 0 aliphatic heterocycles. The molecule has 0 radical (unpaired) electrons. The van der Waals surface area contributed by atoms with E-state index in [0.29, 0.717) is 12.1 Å². The first kappa shape index (κ1) is 13.1. The van der Waals surface area contributed by atoms with Gasteiger partial charge in [0.25, 0.3) is 0 Å². The van der Waals surface area contributed by atoms with Crippen molar-refractivity contribution in [1.29, 1.82) is 5.26 Å². The fourth-order valence-electron chi connectivity index (χ4n) is 2.04. The lowest BCUT2D eigenvalue weighted by molar-refractivity contribution is 0.678. The first-order chi connectivity index (χ1) is 9.26. The number of pyridine rings is 1. The van der Waals surface area contributed by atoms with Crippen molar-refractivity contribution in [3.05, 3.63) is 59.9 Å². The molecule has 1 atom stereocenters. The van der Waals surface area contributed by atoms with Gasteiger partial charge >= 0.3 is 0 Å². The Morgan fingerprint density at radius 3 is 2.58 bits per heavy atom. The molecule has 2 aromatic rings. The normalized spacial score (nSPS) is 11.6. The van der Waals surface area contributed by atoms with Crippen molar-refractivity contribution in [3.63, 3.8) is 0 Å². The summed E-state index contributed by atoms with van der Waals surface area (Å²) in [6, 6.07) is 13.6. The molecule has 96 valence electrons. The van der Waals surface area contributed by atoms with E-state index in [1.165, 1.54) is 0 Å². The van der Waals surface area contributed by atoms with Crippen molar-refractivity contribution in [1.82, 2.24) is 4.98 Å². The second-order valence-electron chi connectivity index (χ2n) is 4.31. The van der Waals surface area contributed by atoms with Crippen LogP contribution in [0.3, 0.4) is 0 Å². The monoisotopic (exact) mass is 252 g/mol. The topological polar surface area (TPSA) is 65.9 Å². The van der Waals surface area contributed by atoms with Gasteiger partial charge in [0.1, 0.15) is 0 Å². The van der Waals surface area contributed by atoms with Crippen LogP contribution in [0.15, 0.2) is 48.8 Å². The van der Waals surface area contributed by atoms with Crippen LogP contribution in [-0.2, 0) is 0 Å². The number of nitrogens with two attached hydrogens (primary N) is 1. The van der Waals surface area contributed by atoms with Crippen molar-refractivity contribution >= 4 is 5.69 Å². The summed E-state index contributed by atoms with van der Waals surface area (Å²) in [6.07, 6.45) is 3.58. The Balaban J connectivity index is 2.25. The van der Waals surface area contributed by atoms with Crippen molar-refractivity contribution in [2.24, 2.45) is 5.73 Å². The van der Waals surface area contributed by atoms with E-state index in [-0.39, 0.29) is 6.04 Å². The van der Waals surface area contributed by atoms with Gasteiger partial charge in [-0.15, -0.1) is 0 Å². The van der Waals surface area contributed by atoms with Crippen molar-refractivity contribution in [2.45, 2.75) is 6.04 Å². The number of likely N-dealkylation sites (N-methyl/N-ethyl adjacent to an activating group) is 1. The van der Waals surface area contributed by atoms with Crippen LogP contribution in [-0.4, -0.2) is 18.6 Å². The van der Waals surface area contributed by atoms with Gasteiger partial charge in [0, 0.05) is 31.7 Å². The molecule has 1 aromatic carbocycles. The summed E-state index contributed by atoms with van der Waals surface area (Å²) in [6.45, 7) is 0.502. The van der Waals surface area contributed by atoms with E-state index in [4.69, 9.17) is 11.0 Å². The standard InChI is InChI=1S/C15H16N4/c1-19(14-6-4-12(9-16)5-7-14)15(10-17)13-3-2-8-18-11-13/h2-8,11,15H,10,17H2,1H3. The molecule has 0 amide bonds. The van der Waals surface area contributed by atoms with Gasteiger partial charge in [-0.1, -0.05) is 6.07 Å². The van der Waals surface area contributed by atoms with E-state index >= 15 is 0 Å². The Morgan fingerprint density at radius 1 is 1.32 bits per heavy atom. The Morgan fingerprint density at radius 2 is 2.05 bits per heavy atom. The fraction of sp³-hybridized carbons (Fsp3) is 0.200. The van der Waals surface area contributed by atoms with Gasteiger partial charge < -0.3 is 10.6 Å². The van der Waals surface area contributed by atoms with Crippen LogP contribution >= 0.6 is 0 Å². The van der Waals surface area contributed by atoms with Gasteiger partial charge in [-0.25, -0.2) is 0 Å². The molecule has 1 heterocycles. The number of aromatic nitrogens is 1. The second-order valence-corrected chi connectivity index (χ2v) is 4.31. The Bertz CT molecular complexity index is 557. The quantitative estimate of drug-likeness (QED) is 0.904. The summed E-state index contributed by atoms with van der Waals surface area (Å²) in [5.74, 6) is 0. The predicted octanol–water partition coefficient (Wildman–Crippen LogP) is 2.09. The first-order valence-electron chi connectivity index (χ1n) is 6.09. The summed E-state index contributed by atoms with van der Waals surface area (Å²) in [7, 11) is 1.99. The van der Waals surface area contributed by atoms with Crippen LogP contribution in [0.25, 0.3) is 0 Å². The average molecular weight is 252 g/mol. The third kappa shape index (κ3) is 2.90. The molecule has 4 nitrogen and oxygen atoms in total. The molecule has 0 saturated heterocycles. The molecule has 4 heteroatoms. The molecule has 0 aliphatic carbocycles. The van der Waals surface area contributed by atoms with E-state index in [2.05, 4.69) is 16.0 Å². The lowest BCUT2D eigenvalue weighted by Crippen LogP contribution is -2.30. The van der Waals surface area contributed by atoms with E-state index < -0.39 is 0 Å². The third-order valence-corrected chi connectivity index (χ3v) is 3.16. The van der Waals surface area contributed by atoms with Crippen LogP contribution in [0, 0.1) is 11.3 Å².